The van der Waals surface area contributed by atoms with E-state index in [2.05, 4.69) is 16.0 Å². The number of amides is 4. The Morgan fingerprint density at radius 1 is 1.39 bits per heavy atom. The number of hydrogen-bond acceptors (Lipinski definition) is 5. The van der Waals surface area contributed by atoms with Crippen molar-refractivity contribution in [1.29, 1.82) is 0 Å². The summed E-state index contributed by atoms with van der Waals surface area (Å²) in [6, 6.07) is 1.60. The maximum atomic E-state index is 14.4. The number of benzene rings is 1. The van der Waals surface area contributed by atoms with Gasteiger partial charge in [0.05, 0.1) is 11.5 Å². The van der Waals surface area contributed by atoms with Crippen LogP contribution in [0.1, 0.15) is 51.1 Å². The second-order valence-corrected chi connectivity index (χ2v) is 9.47. The van der Waals surface area contributed by atoms with Crippen LogP contribution in [-0.2, 0) is 19.6 Å². The molecule has 2 unspecified atom stereocenters. The Balaban J connectivity index is 1.91. The van der Waals surface area contributed by atoms with Crippen LogP contribution >= 0.6 is 0 Å². The largest absolute Gasteiger partial charge is 0.352 e. The van der Waals surface area contributed by atoms with Crippen molar-refractivity contribution in [3.05, 3.63) is 41.4 Å². The molecule has 1 aliphatic heterocycles. The van der Waals surface area contributed by atoms with Gasteiger partial charge in [0.15, 0.2) is 0 Å². The van der Waals surface area contributed by atoms with Gasteiger partial charge in [0.2, 0.25) is 12.3 Å². The second-order valence-electron chi connectivity index (χ2n) is 7.82. The number of nitrogens with one attached hydrogen (secondary N) is 4. The third-order valence-corrected chi connectivity index (χ3v) is 7.17. The van der Waals surface area contributed by atoms with E-state index in [0.717, 1.165) is 30.5 Å². The summed E-state index contributed by atoms with van der Waals surface area (Å²) in [5, 5.41) is 7.73. The Morgan fingerprint density at radius 3 is 2.65 bits per heavy atom. The first-order chi connectivity index (χ1) is 14.6. The molecule has 0 aromatic heterocycles. The summed E-state index contributed by atoms with van der Waals surface area (Å²) in [4.78, 5) is 34.9. The van der Waals surface area contributed by atoms with E-state index in [9.17, 15) is 27.2 Å². The van der Waals surface area contributed by atoms with Gasteiger partial charge in [-0.1, -0.05) is 13.0 Å². The Morgan fingerprint density at radius 2 is 2.10 bits per heavy atom. The smallest absolute Gasteiger partial charge is 0.328 e. The fraction of sp³-hybridized carbons (Fsp3) is 0.450. The van der Waals surface area contributed by atoms with Crippen LogP contribution in [0.25, 0.3) is 0 Å². The summed E-state index contributed by atoms with van der Waals surface area (Å²) in [7, 11) is -4.49. The van der Waals surface area contributed by atoms with Crippen molar-refractivity contribution in [3.8, 4) is 0 Å². The number of urea groups is 1. The van der Waals surface area contributed by atoms with Gasteiger partial charge in [-0.05, 0) is 55.9 Å². The molecule has 1 fully saturated rings. The van der Waals surface area contributed by atoms with Crippen molar-refractivity contribution in [3.63, 3.8) is 0 Å². The highest BCUT2D eigenvalue weighted by Gasteiger charge is 2.44. The maximum absolute atomic E-state index is 14.4. The Bertz CT molecular complexity index is 1040. The lowest BCUT2D eigenvalue weighted by Crippen LogP contribution is -2.40. The van der Waals surface area contributed by atoms with Crippen LogP contribution in [-0.4, -0.2) is 32.8 Å². The topological polar surface area (TPSA) is 133 Å². The third-order valence-electron chi connectivity index (χ3n) is 5.82. The van der Waals surface area contributed by atoms with E-state index >= 15 is 0 Å². The van der Waals surface area contributed by atoms with Crippen molar-refractivity contribution >= 4 is 28.4 Å². The molecule has 0 radical (unpaired) electrons. The molecule has 0 bridgehead atoms. The van der Waals surface area contributed by atoms with Crippen molar-refractivity contribution in [2.24, 2.45) is 5.41 Å². The predicted molar refractivity (Wildman–Crippen MR) is 109 cm³/mol. The normalized spacial score (nSPS) is 21.6. The molecule has 9 nitrogen and oxygen atoms in total. The minimum Gasteiger partial charge on any atom is -0.352 e. The zero-order chi connectivity index (χ0) is 22.8. The standard InChI is InChI=1S/C20H25FN4O5S/c1-3-20(12(2)10-22-18(20)27)9-16(23-11-26)13-4-7-15(21)17(8-13)31(29,30)25-19(28)24-14-5-6-14/h4,7-8,10-11,14,16H,3,5-6,9H2,1-2H3,(H,22,27)(H,23,26)(H2,24,25,28). The average Bonchev–Trinajstić information content (AvgIpc) is 3.47. The van der Waals surface area contributed by atoms with Crippen LogP contribution < -0.4 is 20.7 Å². The van der Waals surface area contributed by atoms with Crippen LogP contribution in [0.15, 0.2) is 34.9 Å². The summed E-state index contributed by atoms with van der Waals surface area (Å²) < 4.78 is 41.4. The summed E-state index contributed by atoms with van der Waals surface area (Å²) in [6.07, 6.45) is 4.17. The molecule has 1 aliphatic carbocycles. The SMILES string of the molecule is CCC1(CC(NC=O)c2ccc(F)c(S(=O)(=O)NC(=O)NC3CC3)c2)C(=O)NC=C1C. The molecule has 2 atom stereocenters. The monoisotopic (exact) mass is 452 g/mol. The summed E-state index contributed by atoms with van der Waals surface area (Å²) in [5.74, 6) is -1.27. The molecule has 11 heteroatoms. The fourth-order valence-corrected chi connectivity index (χ4v) is 4.76. The molecule has 2 aliphatic rings. The van der Waals surface area contributed by atoms with E-state index in [-0.39, 0.29) is 23.9 Å². The van der Waals surface area contributed by atoms with Crippen molar-refractivity contribution in [2.45, 2.75) is 56.5 Å². The highest BCUT2D eigenvalue weighted by Crippen LogP contribution is 2.42. The fourth-order valence-electron chi connectivity index (χ4n) is 3.73. The van der Waals surface area contributed by atoms with Gasteiger partial charge in [0.1, 0.15) is 10.7 Å². The molecular formula is C20H25FN4O5S. The predicted octanol–water partition coefficient (Wildman–Crippen LogP) is 1.58. The van der Waals surface area contributed by atoms with E-state index < -0.39 is 38.2 Å². The van der Waals surface area contributed by atoms with Crippen LogP contribution in [0.2, 0.25) is 0 Å². The zero-order valence-corrected chi connectivity index (χ0v) is 18.0. The average molecular weight is 453 g/mol. The zero-order valence-electron chi connectivity index (χ0n) is 17.2. The third kappa shape index (κ3) is 4.71. The van der Waals surface area contributed by atoms with E-state index in [1.807, 2.05) is 11.6 Å². The van der Waals surface area contributed by atoms with Crippen LogP contribution in [0.5, 0.6) is 0 Å². The molecule has 31 heavy (non-hydrogen) atoms. The maximum Gasteiger partial charge on any atom is 0.328 e. The number of sulfonamides is 1. The molecule has 1 aromatic carbocycles. The molecular weight excluding hydrogens is 427 g/mol. The van der Waals surface area contributed by atoms with Gasteiger partial charge in [0, 0.05) is 12.2 Å². The minimum absolute atomic E-state index is 0.0772. The first-order valence-corrected chi connectivity index (χ1v) is 11.4. The Labute approximate surface area is 179 Å². The molecule has 0 saturated heterocycles. The van der Waals surface area contributed by atoms with E-state index in [1.54, 1.807) is 13.1 Å². The summed E-state index contributed by atoms with van der Waals surface area (Å²) >= 11 is 0. The summed E-state index contributed by atoms with van der Waals surface area (Å²) in [6.45, 7) is 3.63. The Hall–Kier alpha value is -2.95. The van der Waals surface area contributed by atoms with Crippen LogP contribution in [0.3, 0.4) is 0 Å². The van der Waals surface area contributed by atoms with Gasteiger partial charge in [-0.3, -0.25) is 9.59 Å². The van der Waals surface area contributed by atoms with Gasteiger partial charge in [-0.2, -0.15) is 0 Å². The summed E-state index contributed by atoms with van der Waals surface area (Å²) in [5.41, 5.74) is 0.180. The van der Waals surface area contributed by atoms with Crippen LogP contribution in [0.4, 0.5) is 9.18 Å². The lowest BCUT2D eigenvalue weighted by molar-refractivity contribution is -0.128. The van der Waals surface area contributed by atoms with Gasteiger partial charge in [0.25, 0.3) is 10.0 Å². The van der Waals surface area contributed by atoms with Gasteiger partial charge in [-0.25, -0.2) is 22.3 Å². The van der Waals surface area contributed by atoms with E-state index in [0.29, 0.717) is 12.8 Å². The van der Waals surface area contributed by atoms with Gasteiger partial charge >= 0.3 is 6.03 Å². The molecule has 1 aromatic rings. The van der Waals surface area contributed by atoms with Gasteiger partial charge < -0.3 is 16.0 Å². The lowest BCUT2D eigenvalue weighted by atomic mass is 9.73. The van der Waals surface area contributed by atoms with Crippen molar-refractivity contribution in [2.75, 3.05) is 0 Å². The molecule has 168 valence electrons. The number of halogens is 1. The minimum atomic E-state index is -4.49. The second kappa shape index (κ2) is 8.66. The number of carbonyl (C=O) groups is 3. The first kappa shape index (κ1) is 22.7. The van der Waals surface area contributed by atoms with Crippen molar-refractivity contribution in [1.82, 2.24) is 20.7 Å². The Kier molecular flexibility index (Phi) is 6.35. The molecule has 4 N–H and O–H groups in total. The number of carbonyl (C=O) groups excluding carboxylic acids is 3. The molecule has 1 saturated carbocycles. The molecule has 0 spiro atoms. The molecule has 3 rings (SSSR count). The first-order valence-electron chi connectivity index (χ1n) is 9.93. The molecule has 4 amide bonds. The number of hydrogen-bond donors (Lipinski definition) is 4. The molecule has 1 heterocycles. The lowest BCUT2D eigenvalue weighted by Gasteiger charge is -2.31. The van der Waals surface area contributed by atoms with E-state index in [1.165, 1.54) is 6.07 Å². The highest BCUT2D eigenvalue weighted by atomic mass is 32.2. The quantitative estimate of drug-likeness (QED) is 0.422. The van der Waals surface area contributed by atoms with Gasteiger partial charge in [-0.15, -0.1) is 0 Å². The van der Waals surface area contributed by atoms with Crippen molar-refractivity contribution < 1.29 is 27.2 Å². The number of rotatable bonds is 9. The highest BCUT2D eigenvalue weighted by molar-refractivity contribution is 7.90. The van der Waals surface area contributed by atoms with Crippen LogP contribution in [0, 0.1) is 11.2 Å². The van der Waals surface area contributed by atoms with E-state index in [4.69, 9.17) is 0 Å².